The van der Waals surface area contributed by atoms with Crippen molar-refractivity contribution >= 4 is 16.7 Å². The number of amides is 1. The summed E-state index contributed by atoms with van der Waals surface area (Å²) < 4.78 is 11.7. The van der Waals surface area contributed by atoms with Gasteiger partial charge in [-0.1, -0.05) is 29.8 Å². The normalized spacial score (nSPS) is 22.8. The highest BCUT2D eigenvalue weighted by molar-refractivity contribution is 7.85. The minimum Gasteiger partial charge on any atom is -0.390 e. The third-order valence-corrected chi connectivity index (χ3v) is 6.16. The Balaban J connectivity index is 1.90. The molecule has 0 spiro atoms. The number of carbonyl (C=O) groups is 1. The second-order valence-corrected chi connectivity index (χ2v) is 8.58. The van der Waals surface area contributed by atoms with Crippen LogP contribution in [0.5, 0.6) is 0 Å². The van der Waals surface area contributed by atoms with E-state index in [9.17, 15) is 14.1 Å². The summed E-state index contributed by atoms with van der Waals surface area (Å²) in [4.78, 5) is 22.1. The number of aromatic nitrogens is 2. The van der Waals surface area contributed by atoms with E-state index in [-0.39, 0.29) is 5.91 Å². The molecule has 3 rings (SSSR count). The number of nitrogens with one attached hydrogen (secondary N) is 1. The van der Waals surface area contributed by atoms with Crippen LogP contribution in [-0.4, -0.2) is 54.2 Å². The Morgan fingerprint density at radius 1 is 1.38 bits per heavy atom. The van der Waals surface area contributed by atoms with E-state index in [1.165, 1.54) is 11.8 Å². The average molecular weight is 375 g/mol. The van der Waals surface area contributed by atoms with Crippen LogP contribution in [0.15, 0.2) is 30.5 Å². The lowest BCUT2D eigenvalue weighted by Crippen LogP contribution is -2.49. The van der Waals surface area contributed by atoms with Gasteiger partial charge in [-0.05, 0) is 32.3 Å². The molecular weight excluding hydrogens is 350 g/mol. The van der Waals surface area contributed by atoms with Gasteiger partial charge in [0, 0.05) is 23.6 Å². The fraction of sp³-hybridized carbons (Fsp3) is 0.474. The minimum atomic E-state index is -1.25. The van der Waals surface area contributed by atoms with E-state index in [1.54, 1.807) is 18.0 Å². The van der Waals surface area contributed by atoms with Crippen molar-refractivity contribution in [1.82, 2.24) is 14.9 Å². The zero-order valence-electron chi connectivity index (χ0n) is 15.3. The van der Waals surface area contributed by atoms with E-state index in [4.69, 9.17) is 0 Å². The zero-order chi connectivity index (χ0) is 18.8. The molecule has 7 heteroatoms. The van der Waals surface area contributed by atoms with Crippen LogP contribution in [0.25, 0.3) is 11.3 Å². The second kappa shape index (κ2) is 7.72. The molecule has 4 unspecified atom stereocenters. The number of hydrogen-bond acceptors (Lipinski definition) is 4. The Kier molecular flexibility index (Phi) is 5.58. The topological polar surface area (TPSA) is 86.3 Å². The number of likely N-dealkylation sites (tertiary alicyclic amines) is 1. The first kappa shape index (κ1) is 18.8. The molecule has 1 aliphatic heterocycles. The monoisotopic (exact) mass is 375 g/mol. The van der Waals surface area contributed by atoms with E-state index >= 15 is 0 Å². The molecule has 140 valence electrons. The van der Waals surface area contributed by atoms with Gasteiger partial charge in [0.15, 0.2) is 0 Å². The maximum Gasteiger partial charge on any atom is 0.238 e. The number of H-pyrrole nitrogens is 1. The van der Waals surface area contributed by atoms with Crippen molar-refractivity contribution < 1.29 is 14.1 Å². The van der Waals surface area contributed by atoms with E-state index in [0.717, 1.165) is 17.7 Å². The Labute approximate surface area is 156 Å². The number of hydrogen-bond donors (Lipinski definition) is 2. The largest absolute Gasteiger partial charge is 0.390 e. The highest BCUT2D eigenvalue weighted by atomic mass is 32.2. The van der Waals surface area contributed by atoms with Gasteiger partial charge >= 0.3 is 0 Å². The number of carbonyl (C=O) groups excluding carboxylic acids is 1. The van der Waals surface area contributed by atoms with Gasteiger partial charge in [0.25, 0.3) is 0 Å². The molecule has 1 saturated heterocycles. The maximum atomic E-state index is 12.8. The van der Waals surface area contributed by atoms with Crippen LogP contribution in [-0.2, 0) is 15.6 Å². The molecule has 4 atom stereocenters. The molecule has 1 aromatic carbocycles. The van der Waals surface area contributed by atoms with Crippen molar-refractivity contribution in [2.24, 2.45) is 0 Å². The van der Waals surface area contributed by atoms with Crippen LogP contribution in [0.2, 0.25) is 0 Å². The van der Waals surface area contributed by atoms with Crippen molar-refractivity contribution in [3.63, 3.8) is 0 Å². The van der Waals surface area contributed by atoms with Crippen molar-refractivity contribution in [3.05, 3.63) is 41.9 Å². The van der Waals surface area contributed by atoms with Crippen molar-refractivity contribution in [2.45, 2.75) is 44.1 Å². The van der Waals surface area contributed by atoms with Crippen LogP contribution in [0.4, 0.5) is 0 Å². The molecule has 0 bridgehead atoms. The highest BCUT2D eigenvalue weighted by Crippen LogP contribution is 2.32. The number of benzene rings is 1. The van der Waals surface area contributed by atoms with Crippen LogP contribution in [0.1, 0.15) is 37.2 Å². The number of aliphatic hydroxyl groups is 1. The van der Waals surface area contributed by atoms with Gasteiger partial charge in [-0.3, -0.25) is 9.00 Å². The van der Waals surface area contributed by atoms with E-state index in [1.807, 2.05) is 31.2 Å². The third kappa shape index (κ3) is 3.73. The molecule has 1 aromatic heterocycles. The predicted molar refractivity (Wildman–Crippen MR) is 102 cm³/mol. The maximum absolute atomic E-state index is 12.8. The number of rotatable bonds is 4. The minimum absolute atomic E-state index is 0.206. The number of aromatic amines is 1. The Bertz CT molecular complexity index is 803. The number of aryl methyl sites for hydroxylation is 1. The van der Waals surface area contributed by atoms with Gasteiger partial charge in [0.1, 0.15) is 17.1 Å². The Hall–Kier alpha value is -1.99. The number of aliphatic hydroxyl groups excluding tert-OH is 1. The molecule has 1 amide bonds. The standard InChI is InChI=1S/C19H25N3O3S/c1-12-6-8-14(9-7-12)15-11-20-18(21-15)17-16(23)5-4-10-22(17)19(24)13(2)26(3)25/h6-9,11,13,16-17,23H,4-5,10H2,1-3H3,(H,20,21). The summed E-state index contributed by atoms with van der Waals surface area (Å²) in [5.74, 6) is 0.359. The summed E-state index contributed by atoms with van der Waals surface area (Å²) in [5, 5.41) is 9.95. The molecule has 2 heterocycles. The summed E-state index contributed by atoms with van der Waals surface area (Å²) in [6.45, 7) is 4.22. The molecule has 26 heavy (non-hydrogen) atoms. The van der Waals surface area contributed by atoms with Gasteiger partial charge in [-0.15, -0.1) is 0 Å². The van der Waals surface area contributed by atoms with Gasteiger partial charge in [-0.2, -0.15) is 0 Å². The zero-order valence-corrected chi connectivity index (χ0v) is 16.1. The van der Waals surface area contributed by atoms with Gasteiger partial charge in [0.05, 0.1) is 18.0 Å². The van der Waals surface area contributed by atoms with Crippen LogP contribution in [0, 0.1) is 6.92 Å². The summed E-state index contributed by atoms with van der Waals surface area (Å²) in [6, 6.07) is 7.53. The summed E-state index contributed by atoms with van der Waals surface area (Å²) in [5.41, 5.74) is 3.02. The quantitative estimate of drug-likeness (QED) is 0.858. The molecule has 1 aliphatic rings. The lowest BCUT2D eigenvalue weighted by Gasteiger charge is -2.39. The lowest BCUT2D eigenvalue weighted by molar-refractivity contribution is -0.138. The number of imidazole rings is 1. The van der Waals surface area contributed by atoms with E-state index < -0.39 is 28.2 Å². The molecule has 6 nitrogen and oxygen atoms in total. The highest BCUT2D eigenvalue weighted by Gasteiger charge is 2.38. The van der Waals surface area contributed by atoms with Crippen LogP contribution in [0.3, 0.4) is 0 Å². The lowest BCUT2D eigenvalue weighted by atomic mass is 9.97. The van der Waals surface area contributed by atoms with Crippen molar-refractivity contribution in [2.75, 3.05) is 12.8 Å². The first-order valence-electron chi connectivity index (χ1n) is 8.81. The predicted octanol–water partition coefficient (Wildman–Crippen LogP) is 2.18. The van der Waals surface area contributed by atoms with E-state index in [2.05, 4.69) is 9.97 Å². The molecule has 0 radical (unpaired) electrons. The van der Waals surface area contributed by atoms with Crippen LogP contribution < -0.4 is 0 Å². The second-order valence-electron chi connectivity index (χ2n) is 6.88. The van der Waals surface area contributed by atoms with Crippen molar-refractivity contribution in [1.29, 1.82) is 0 Å². The van der Waals surface area contributed by atoms with Gasteiger partial charge < -0.3 is 15.0 Å². The molecular formula is C19H25N3O3S. The van der Waals surface area contributed by atoms with Crippen LogP contribution >= 0.6 is 0 Å². The van der Waals surface area contributed by atoms with Gasteiger partial charge in [-0.25, -0.2) is 4.98 Å². The molecule has 2 N–H and O–H groups in total. The number of nitrogens with zero attached hydrogens (tertiary/aromatic N) is 2. The van der Waals surface area contributed by atoms with Crippen molar-refractivity contribution in [3.8, 4) is 11.3 Å². The molecule has 0 aliphatic carbocycles. The first-order valence-corrected chi connectivity index (χ1v) is 10.4. The first-order chi connectivity index (χ1) is 12.4. The molecule has 2 aromatic rings. The summed E-state index contributed by atoms with van der Waals surface area (Å²) in [6.07, 6.45) is 3.89. The van der Waals surface area contributed by atoms with E-state index in [0.29, 0.717) is 18.8 Å². The fourth-order valence-corrected chi connectivity index (χ4v) is 3.71. The summed E-state index contributed by atoms with van der Waals surface area (Å²) in [7, 11) is -1.25. The number of piperidine rings is 1. The fourth-order valence-electron chi connectivity index (χ4n) is 3.29. The Morgan fingerprint density at radius 2 is 2.08 bits per heavy atom. The van der Waals surface area contributed by atoms with Gasteiger partial charge in [0.2, 0.25) is 5.91 Å². The SMILES string of the molecule is Cc1ccc(-c2cnc(C3C(O)CCCN3C(=O)C(C)S(C)=O)[nH]2)cc1. The average Bonchev–Trinajstić information content (AvgIpc) is 3.10. The summed E-state index contributed by atoms with van der Waals surface area (Å²) >= 11 is 0. The Morgan fingerprint density at radius 3 is 2.73 bits per heavy atom. The third-order valence-electron chi connectivity index (χ3n) is 4.97. The molecule has 0 saturated carbocycles. The molecule has 1 fully saturated rings. The smallest absolute Gasteiger partial charge is 0.238 e.